The second-order valence-corrected chi connectivity index (χ2v) is 5.88. The van der Waals surface area contributed by atoms with Crippen molar-refractivity contribution in [2.75, 3.05) is 24.5 Å². The third-order valence-corrected chi connectivity index (χ3v) is 3.82. The van der Waals surface area contributed by atoms with Gasteiger partial charge in [0.15, 0.2) is 0 Å². The van der Waals surface area contributed by atoms with Gasteiger partial charge in [-0.05, 0) is 53.5 Å². The van der Waals surface area contributed by atoms with E-state index >= 15 is 0 Å². The smallest absolute Gasteiger partial charge is 0.362 e. The first-order valence-electron chi connectivity index (χ1n) is 7.13. The van der Waals surface area contributed by atoms with E-state index in [0.717, 1.165) is 12.1 Å². The molecule has 0 saturated heterocycles. The highest BCUT2D eigenvalue weighted by molar-refractivity contribution is 9.10. The number of nitrogens with one attached hydrogen (secondary N) is 1. The minimum absolute atomic E-state index is 0.169. The molecule has 21 heavy (non-hydrogen) atoms. The van der Waals surface area contributed by atoms with Gasteiger partial charge in [0.2, 0.25) is 0 Å². The van der Waals surface area contributed by atoms with E-state index < -0.39 is 12.7 Å². The molecule has 2 nitrogen and oxygen atoms in total. The molecule has 0 aromatic heterocycles. The molecule has 1 N–H and O–H groups in total. The summed E-state index contributed by atoms with van der Waals surface area (Å²) < 4.78 is 38.8. The van der Waals surface area contributed by atoms with Crippen molar-refractivity contribution in [2.45, 2.75) is 39.4 Å². The fraction of sp³-hybridized carbons (Fsp3) is 0.600. The first-order valence-corrected chi connectivity index (χ1v) is 7.92. The van der Waals surface area contributed by atoms with Crippen molar-refractivity contribution in [1.29, 1.82) is 0 Å². The van der Waals surface area contributed by atoms with Crippen LogP contribution in [0.3, 0.4) is 0 Å². The number of hydrogen-bond donors (Lipinski definition) is 1. The van der Waals surface area contributed by atoms with Crippen LogP contribution in [0.2, 0.25) is 0 Å². The SMILES string of the molecule is CCCN(CC(F)(F)F)c1ccc(C(C)NCC)cc1Br. The second-order valence-electron chi connectivity index (χ2n) is 5.03. The summed E-state index contributed by atoms with van der Waals surface area (Å²) in [5, 5.41) is 3.29. The quantitative estimate of drug-likeness (QED) is 0.738. The van der Waals surface area contributed by atoms with Crippen LogP contribution < -0.4 is 10.2 Å². The van der Waals surface area contributed by atoms with E-state index in [-0.39, 0.29) is 6.04 Å². The van der Waals surface area contributed by atoms with Gasteiger partial charge in [-0.15, -0.1) is 0 Å². The minimum Gasteiger partial charge on any atom is -0.362 e. The zero-order valence-electron chi connectivity index (χ0n) is 12.6. The maximum Gasteiger partial charge on any atom is 0.405 e. The summed E-state index contributed by atoms with van der Waals surface area (Å²) in [7, 11) is 0. The normalized spacial score (nSPS) is 13.3. The number of hydrogen-bond acceptors (Lipinski definition) is 2. The van der Waals surface area contributed by atoms with Gasteiger partial charge < -0.3 is 10.2 Å². The Kier molecular flexibility index (Phi) is 7.00. The Balaban J connectivity index is 2.99. The van der Waals surface area contributed by atoms with Crippen molar-refractivity contribution in [3.63, 3.8) is 0 Å². The van der Waals surface area contributed by atoms with E-state index in [1.807, 2.05) is 32.9 Å². The highest BCUT2D eigenvalue weighted by Crippen LogP contribution is 2.31. The van der Waals surface area contributed by atoms with E-state index in [1.165, 1.54) is 4.90 Å². The first kappa shape index (κ1) is 18.3. The predicted octanol–water partition coefficient (Wildman–Crippen LogP) is 4.90. The molecule has 0 aliphatic heterocycles. The molecule has 0 heterocycles. The Morgan fingerprint density at radius 2 is 1.95 bits per heavy atom. The lowest BCUT2D eigenvalue weighted by Gasteiger charge is -2.27. The van der Waals surface area contributed by atoms with Crippen molar-refractivity contribution in [3.05, 3.63) is 28.2 Å². The maximum absolute atomic E-state index is 12.7. The average Bonchev–Trinajstić information content (AvgIpc) is 2.37. The third kappa shape index (κ3) is 5.87. The Bertz CT molecular complexity index is 449. The third-order valence-electron chi connectivity index (χ3n) is 3.19. The van der Waals surface area contributed by atoms with Gasteiger partial charge in [-0.25, -0.2) is 0 Å². The van der Waals surface area contributed by atoms with Gasteiger partial charge >= 0.3 is 6.18 Å². The molecule has 1 aromatic rings. The monoisotopic (exact) mass is 366 g/mol. The summed E-state index contributed by atoms with van der Waals surface area (Å²) in [6, 6.07) is 5.70. The van der Waals surface area contributed by atoms with E-state index in [0.29, 0.717) is 23.1 Å². The Hall–Kier alpha value is -0.750. The van der Waals surface area contributed by atoms with Crippen LogP contribution in [-0.4, -0.2) is 25.8 Å². The van der Waals surface area contributed by atoms with Crippen LogP contribution in [0.1, 0.15) is 38.8 Å². The Morgan fingerprint density at radius 1 is 1.29 bits per heavy atom. The molecule has 1 atom stereocenters. The molecular weight excluding hydrogens is 345 g/mol. The molecule has 6 heteroatoms. The summed E-state index contributed by atoms with van der Waals surface area (Å²) in [5.74, 6) is 0. The molecule has 0 aliphatic carbocycles. The van der Waals surface area contributed by atoms with Gasteiger partial charge in [0, 0.05) is 17.1 Å². The second kappa shape index (κ2) is 8.03. The fourth-order valence-electron chi connectivity index (χ4n) is 2.24. The lowest BCUT2D eigenvalue weighted by atomic mass is 10.1. The molecule has 0 bridgehead atoms. The van der Waals surface area contributed by atoms with Gasteiger partial charge in [-0.3, -0.25) is 0 Å². The molecule has 0 spiro atoms. The molecule has 1 unspecified atom stereocenters. The minimum atomic E-state index is -4.20. The van der Waals surface area contributed by atoms with Gasteiger partial charge in [0.05, 0.1) is 5.69 Å². The number of halogens is 4. The molecule has 0 aliphatic rings. The van der Waals surface area contributed by atoms with Gasteiger partial charge in [-0.1, -0.05) is 19.9 Å². The Labute approximate surface area is 132 Å². The van der Waals surface area contributed by atoms with Crippen LogP contribution in [-0.2, 0) is 0 Å². The summed E-state index contributed by atoms with van der Waals surface area (Å²) in [4.78, 5) is 1.37. The summed E-state index contributed by atoms with van der Waals surface area (Å²) in [5.41, 5.74) is 1.64. The number of alkyl halides is 3. The topological polar surface area (TPSA) is 15.3 Å². The summed E-state index contributed by atoms with van der Waals surface area (Å²) in [6.07, 6.45) is -3.54. The molecule has 1 aromatic carbocycles. The molecule has 1 rings (SSSR count). The summed E-state index contributed by atoms with van der Waals surface area (Å²) in [6.45, 7) is 6.22. The van der Waals surface area contributed by atoms with Crippen LogP contribution >= 0.6 is 15.9 Å². The van der Waals surface area contributed by atoms with Crippen molar-refractivity contribution >= 4 is 21.6 Å². The van der Waals surface area contributed by atoms with Crippen molar-refractivity contribution < 1.29 is 13.2 Å². The van der Waals surface area contributed by atoms with Gasteiger partial charge in [0.25, 0.3) is 0 Å². The van der Waals surface area contributed by atoms with E-state index in [4.69, 9.17) is 0 Å². The fourth-order valence-corrected chi connectivity index (χ4v) is 2.89. The Morgan fingerprint density at radius 3 is 2.43 bits per heavy atom. The number of rotatable bonds is 7. The first-order chi connectivity index (χ1) is 9.78. The molecule has 0 radical (unpaired) electrons. The van der Waals surface area contributed by atoms with E-state index in [9.17, 15) is 13.2 Å². The molecule has 0 amide bonds. The molecule has 0 fully saturated rings. The highest BCUT2D eigenvalue weighted by atomic mass is 79.9. The van der Waals surface area contributed by atoms with Crippen LogP contribution in [0.5, 0.6) is 0 Å². The molecule has 120 valence electrons. The molecular formula is C15H22BrF3N2. The largest absolute Gasteiger partial charge is 0.405 e. The number of benzene rings is 1. The average molecular weight is 367 g/mol. The van der Waals surface area contributed by atoms with Crippen molar-refractivity contribution in [3.8, 4) is 0 Å². The lowest BCUT2D eigenvalue weighted by Crippen LogP contribution is -2.35. The van der Waals surface area contributed by atoms with Crippen LogP contribution in [0, 0.1) is 0 Å². The van der Waals surface area contributed by atoms with Crippen molar-refractivity contribution in [1.82, 2.24) is 5.32 Å². The highest BCUT2D eigenvalue weighted by Gasteiger charge is 2.31. The predicted molar refractivity (Wildman–Crippen MR) is 84.8 cm³/mol. The van der Waals surface area contributed by atoms with Crippen LogP contribution in [0.4, 0.5) is 18.9 Å². The zero-order chi connectivity index (χ0) is 16.0. The standard InChI is InChI=1S/C15H22BrF3N2/c1-4-8-21(10-15(17,18)19)14-7-6-12(9-13(14)16)11(3)20-5-2/h6-7,9,11,20H,4-5,8,10H2,1-3H3. The van der Waals surface area contributed by atoms with Crippen molar-refractivity contribution in [2.24, 2.45) is 0 Å². The lowest BCUT2D eigenvalue weighted by molar-refractivity contribution is -0.119. The number of nitrogens with zero attached hydrogens (tertiary/aromatic N) is 1. The zero-order valence-corrected chi connectivity index (χ0v) is 14.2. The van der Waals surface area contributed by atoms with E-state index in [1.54, 1.807) is 6.07 Å². The van der Waals surface area contributed by atoms with E-state index in [2.05, 4.69) is 21.2 Å². The van der Waals surface area contributed by atoms with Crippen LogP contribution in [0.25, 0.3) is 0 Å². The van der Waals surface area contributed by atoms with Crippen LogP contribution in [0.15, 0.2) is 22.7 Å². The molecule has 0 saturated carbocycles. The summed E-state index contributed by atoms with van der Waals surface area (Å²) >= 11 is 3.41. The maximum atomic E-state index is 12.7. The van der Waals surface area contributed by atoms with Gasteiger partial charge in [-0.2, -0.15) is 13.2 Å². The number of anilines is 1. The van der Waals surface area contributed by atoms with Gasteiger partial charge in [0.1, 0.15) is 6.54 Å².